The molecule has 3 nitrogen and oxygen atoms in total. The summed E-state index contributed by atoms with van der Waals surface area (Å²) in [5.41, 5.74) is 6.49. The lowest BCUT2D eigenvalue weighted by Gasteiger charge is -2.13. The van der Waals surface area contributed by atoms with E-state index < -0.39 is 0 Å². The first-order valence-electron chi connectivity index (χ1n) is 3.76. The zero-order valence-corrected chi connectivity index (χ0v) is 8.44. The average Bonchev–Trinajstić information content (AvgIpc) is 2.35. The van der Waals surface area contributed by atoms with E-state index in [2.05, 4.69) is 4.98 Å². The Labute approximate surface area is 76.6 Å². The number of ether oxygens (including phenoxy) is 1. The molecule has 0 amide bonds. The van der Waals surface area contributed by atoms with Crippen LogP contribution in [0.15, 0.2) is 5.38 Å². The van der Waals surface area contributed by atoms with Gasteiger partial charge in [0.05, 0.1) is 17.8 Å². The molecule has 0 bridgehead atoms. The van der Waals surface area contributed by atoms with Gasteiger partial charge in [0.25, 0.3) is 0 Å². The van der Waals surface area contributed by atoms with E-state index in [4.69, 9.17) is 10.5 Å². The molecule has 0 aromatic carbocycles. The van der Waals surface area contributed by atoms with Gasteiger partial charge in [-0.15, -0.1) is 11.3 Å². The Bertz CT molecular complexity index is 252. The van der Waals surface area contributed by atoms with Gasteiger partial charge in [-0.3, -0.25) is 0 Å². The summed E-state index contributed by atoms with van der Waals surface area (Å²) >= 11 is 1.58. The second-order valence-electron chi connectivity index (χ2n) is 3.30. The fourth-order valence-corrected chi connectivity index (χ4v) is 1.66. The van der Waals surface area contributed by atoms with Crippen LogP contribution in [0.4, 0.5) is 0 Å². The van der Waals surface area contributed by atoms with Crippen molar-refractivity contribution in [2.75, 3.05) is 7.11 Å². The highest BCUT2D eigenvalue weighted by Crippen LogP contribution is 2.21. The van der Waals surface area contributed by atoms with Gasteiger partial charge in [0, 0.05) is 12.5 Å². The molecule has 1 rings (SSSR count). The summed E-state index contributed by atoms with van der Waals surface area (Å²) in [6, 6.07) is 0. The summed E-state index contributed by atoms with van der Waals surface area (Å²) in [6.45, 7) is 4.46. The number of rotatable bonds is 3. The second kappa shape index (κ2) is 3.51. The molecule has 1 heterocycles. The van der Waals surface area contributed by atoms with E-state index in [-0.39, 0.29) is 5.54 Å². The highest BCUT2D eigenvalue weighted by atomic mass is 32.1. The van der Waals surface area contributed by atoms with Crippen LogP contribution in [-0.2, 0) is 16.9 Å². The highest BCUT2D eigenvalue weighted by molar-refractivity contribution is 7.09. The fourth-order valence-electron chi connectivity index (χ4n) is 0.817. The highest BCUT2D eigenvalue weighted by Gasteiger charge is 2.18. The third-order valence-electron chi connectivity index (χ3n) is 1.40. The van der Waals surface area contributed by atoms with Crippen molar-refractivity contribution in [2.45, 2.75) is 26.0 Å². The Morgan fingerprint density at radius 3 is 2.75 bits per heavy atom. The molecule has 0 saturated heterocycles. The predicted molar refractivity (Wildman–Crippen MR) is 50.0 cm³/mol. The minimum absolute atomic E-state index is 0.337. The summed E-state index contributed by atoms with van der Waals surface area (Å²) in [7, 11) is 1.66. The third-order valence-corrected chi connectivity index (χ3v) is 2.63. The van der Waals surface area contributed by atoms with Crippen molar-refractivity contribution in [1.29, 1.82) is 0 Å². The van der Waals surface area contributed by atoms with Crippen molar-refractivity contribution in [3.63, 3.8) is 0 Å². The van der Waals surface area contributed by atoms with Gasteiger partial charge < -0.3 is 10.5 Å². The lowest BCUT2D eigenvalue weighted by Crippen LogP contribution is -2.28. The standard InChI is InChI=1S/C8H14N2OS/c1-8(2,9)7-10-6(4-11-3)5-12-7/h5H,4,9H2,1-3H3. The largest absolute Gasteiger partial charge is 0.378 e. The van der Waals surface area contributed by atoms with Gasteiger partial charge in [0.1, 0.15) is 5.01 Å². The van der Waals surface area contributed by atoms with Crippen LogP contribution in [0.2, 0.25) is 0 Å². The van der Waals surface area contributed by atoms with Gasteiger partial charge in [0.15, 0.2) is 0 Å². The van der Waals surface area contributed by atoms with E-state index in [9.17, 15) is 0 Å². The van der Waals surface area contributed by atoms with E-state index in [1.165, 1.54) is 0 Å². The first-order chi connectivity index (χ1) is 5.54. The molecule has 0 atom stereocenters. The summed E-state index contributed by atoms with van der Waals surface area (Å²) in [5.74, 6) is 0. The zero-order chi connectivity index (χ0) is 9.19. The maximum atomic E-state index is 5.87. The van der Waals surface area contributed by atoms with Crippen molar-refractivity contribution in [1.82, 2.24) is 4.98 Å². The van der Waals surface area contributed by atoms with E-state index in [0.29, 0.717) is 6.61 Å². The Kier molecular flexibility index (Phi) is 2.82. The lowest BCUT2D eigenvalue weighted by molar-refractivity contribution is 0.181. The van der Waals surface area contributed by atoms with Gasteiger partial charge in [-0.05, 0) is 13.8 Å². The van der Waals surface area contributed by atoms with Gasteiger partial charge in [-0.25, -0.2) is 4.98 Å². The minimum atomic E-state index is -0.337. The summed E-state index contributed by atoms with van der Waals surface area (Å²) < 4.78 is 4.96. The molecule has 0 aliphatic heterocycles. The zero-order valence-electron chi connectivity index (χ0n) is 7.63. The van der Waals surface area contributed by atoms with Gasteiger partial charge >= 0.3 is 0 Å². The van der Waals surface area contributed by atoms with Crippen molar-refractivity contribution in [3.05, 3.63) is 16.1 Å². The van der Waals surface area contributed by atoms with Crippen molar-refractivity contribution in [2.24, 2.45) is 5.73 Å². The Morgan fingerprint density at radius 2 is 2.33 bits per heavy atom. The first kappa shape index (κ1) is 9.64. The quantitative estimate of drug-likeness (QED) is 0.778. The smallest absolute Gasteiger partial charge is 0.112 e. The topological polar surface area (TPSA) is 48.1 Å². The maximum Gasteiger partial charge on any atom is 0.112 e. The Morgan fingerprint density at radius 1 is 1.67 bits per heavy atom. The van der Waals surface area contributed by atoms with Crippen LogP contribution >= 0.6 is 11.3 Å². The molecule has 1 aromatic heterocycles. The first-order valence-corrected chi connectivity index (χ1v) is 4.64. The van der Waals surface area contributed by atoms with E-state index in [1.807, 2.05) is 19.2 Å². The monoisotopic (exact) mass is 186 g/mol. The molecule has 0 aliphatic rings. The van der Waals surface area contributed by atoms with Crippen LogP contribution in [0.3, 0.4) is 0 Å². The second-order valence-corrected chi connectivity index (χ2v) is 4.16. The number of methoxy groups -OCH3 is 1. The van der Waals surface area contributed by atoms with Crippen LogP contribution in [0.25, 0.3) is 0 Å². The molecule has 0 saturated carbocycles. The molecule has 2 N–H and O–H groups in total. The molecule has 0 spiro atoms. The number of nitrogens with two attached hydrogens (primary N) is 1. The molecule has 68 valence electrons. The fraction of sp³-hybridized carbons (Fsp3) is 0.625. The average molecular weight is 186 g/mol. The van der Waals surface area contributed by atoms with Gasteiger partial charge in [-0.2, -0.15) is 0 Å². The number of nitrogens with zero attached hydrogens (tertiary/aromatic N) is 1. The third kappa shape index (κ3) is 2.27. The van der Waals surface area contributed by atoms with Crippen molar-refractivity contribution < 1.29 is 4.74 Å². The normalized spacial score (nSPS) is 12.0. The number of hydrogen-bond donors (Lipinski definition) is 1. The van der Waals surface area contributed by atoms with E-state index in [1.54, 1.807) is 18.4 Å². The Hall–Kier alpha value is -0.450. The Balaban J connectivity index is 2.77. The number of aromatic nitrogens is 1. The van der Waals surface area contributed by atoms with Crippen LogP contribution in [0.1, 0.15) is 24.5 Å². The van der Waals surface area contributed by atoms with Crippen LogP contribution < -0.4 is 5.73 Å². The van der Waals surface area contributed by atoms with Crippen molar-refractivity contribution >= 4 is 11.3 Å². The summed E-state index contributed by atoms with van der Waals surface area (Å²) in [4.78, 5) is 4.34. The maximum absolute atomic E-state index is 5.87. The minimum Gasteiger partial charge on any atom is -0.378 e. The molecular formula is C8H14N2OS. The molecule has 12 heavy (non-hydrogen) atoms. The molecule has 0 fully saturated rings. The van der Waals surface area contributed by atoms with E-state index >= 15 is 0 Å². The predicted octanol–water partition coefficient (Wildman–Crippen LogP) is 1.48. The molecule has 4 heteroatoms. The lowest BCUT2D eigenvalue weighted by atomic mass is 10.1. The van der Waals surface area contributed by atoms with Crippen molar-refractivity contribution in [3.8, 4) is 0 Å². The summed E-state index contributed by atoms with van der Waals surface area (Å²) in [6.07, 6.45) is 0. The molecule has 0 radical (unpaired) electrons. The van der Waals surface area contributed by atoms with Crippen LogP contribution in [0, 0.1) is 0 Å². The molecule has 0 aliphatic carbocycles. The molecule has 0 unspecified atom stereocenters. The summed E-state index contributed by atoms with van der Waals surface area (Å²) in [5, 5.41) is 2.93. The molecular weight excluding hydrogens is 172 g/mol. The number of thiazole rings is 1. The van der Waals surface area contributed by atoms with E-state index in [0.717, 1.165) is 10.7 Å². The van der Waals surface area contributed by atoms with Gasteiger partial charge in [-0.1, -0.05) is 0 Å². The van der Waals surface area contributed by atoms with Gasteiger partial charge in [0.2, 0.25) is 0 Å². The SMILES string of the molecule is COCc1csc(C(C)(C)N)n1. The van der Waals surface area contributed by atoms with Crippen LogP contribution in [0.5, 0.6) is 0 Å². The number of hydrogen-bond acceptors (Lipinski definition) is 4. The molecule has 1 aromatic rings. The van der Waals surface area contributed by atoms with Crippen LogP contribution in [-0.4, -0.2) is 12.1 Å².